The Morgan fingerprint density at radius 2 is 2.08 bits per heavy atom. The van der Waals surface area contributed by atoms with Gasteiger partial charge in [-0.1, -0.05) is 0 Å². The molecule has 0 spiro atoms. The average molecular weight is 371 g/mol. The van der Waals surface area contributed by atoms with E-state index in [1.165, 1.54) is 23.9 Å². The number of hydrogen-bond donors (Lipinski definition) is 2. The fraction of sp³-hybridized carbons (Fsp3) is 0.267. The number of aryl methyl sites for hydroxylation is 1. The lowest BCUT2D eigenvalue weighted by Gasteiger charge is -2.11. The second-order valence-electron chi connectivity index (χ2n) is 5.70. The lowest BCUT2D eigenvalue weighted by molar-refractivity contribution is 0.101. The van der Waals surface area contributed by atoms with Crippen LogP contribution in [0.5, 0.6) is 5.75 Å². The number of hydrogen-bond acceptors (Lipinski definition) is 4. The van der Waals surface area contributed by atoms with E-state index < -0.39 is 33.6 Å². The molecule has 10 heteroatoms. The lowest BCUT2D eigenvalue weighted by Crippen LogP contribution is -2.34. The van der Waals surface area contributed by atoms with Crippen LogP contribution in [0.3, 0.4) is 0 Å². The highest BCUT2D eigenvalue weighted by Crippen LogP contribution is 2.32. The molecule has 2 heterocycles. The van der Waals surface area contributed by atoms with E-state index in [2.05, 4.69) is 10.0 Å². The van der Waals surface area contributed by atoms with Crippen LogP contribution in [-0.4, -0.2) is 31.5 Å². The maximum atomic E-state index is 13.3. The number of nitrogens with zero attached hydrogens (tertiary/aromatic N) is 1. The van der Waals surface area contributed by atoms with E-state index in [4.69, 9.17) is 4.74 Å². The predicted molar refractivity (Wildman–Crippen MR) is 85.0 cm³/mol. The molecule has 1 unspecified atom stereocenters. The highest BCUT2D eigenvalue weighted by Gasteiger charge is 2.33. The number of carbonyl (C=O) groups is 1. The number of anilines is 1. The molecule has 1 atom stereocenters. The topological polar surface area (TPSA) is 89.4 Å². The normalized spacial score (nSPS) is 18.8. The van der Waals surface area contributed by atoms with E-state index >= 15 is 0 Å². The maximum absolute atomic E-state index is 13.3. The van der Waals surface area contributed by atoms with Gasteiger partial charge < -0.3 is 14.6 Å². The van der Waals surface area contributed by atoms with Crippen molar-refractivity contribution >= 4 is 21.6 Å². The number of amides is 1. The smallest absolute Gasteiger partial charge is 0.276 e. The summed E-state index contributed by atoms with van der Waals surface area (Å²) in [5.74, 6) is -2.94. The van der Waals surface area contributed by atoms with Crippen molar-refractivity contribution in [3.63, 3.8) is 0 Å². The van der Waals surface area contributed by atoms with Gasteiger partial charge in [-0.25, -0.2) is 21.9 Å². The summed E-state index contributed by atoms with van der Waals surface area (Å²) in [6, 6.07) is 2.43. The minimum atomic E-state index is -3.83. The Morgan fingerprint density at radius 3 is 2.76 bits per heavy atom. The second kappa shape index (κ2) is 6.12. The largest absolute Gasteiger partial charge is 0.488 e. The minimum absolute atomic E-state index is 0.0295. The summed E-state index contributed by atoms with van der Waals surface area (Å²) in [5, 5.41) is 2.40. The van der Waals surface area contributed by atoms with Gasteiger partial charge in [0, 0.05) is 25.0 Å². The molecule has 0 bridgehead atoms. The summed E-state index contributed by atoms with van der Waals surface area (Å²) in [4.78, 5) is 12.4. The summed E-state index contributed by atoms with van der Waals surface area (Å²) in [6.45, 7) is 1.67. The molecule has 1 aliphatic heterocycles. The first-order chi connectivity index (χ1) is 11.7. The summed E-state index contributed by atoms with van der Waals surface area (Å²) in [6.07, 6.45) is 1.26. The Morgan fingerprint density at radius 1 is 1.36 bits per heavy atom. The van der Waals surface area contributed by atoms with Crippen LogP contribution < -0.4 is 14.8 Å². The molecule has 2 N–H and O–H groups in total. The van der Waals surface area contributed by atoms with Gasteiger partial charge in [-0.15, -0.1) is 0 Å². The zero-order valence-electron chi connectivity index (χ0n) is 13.3. The molecule has 134 valence electrons. The molecule has 1 aromatic carbocycles. The molecular weight excluding hydrogens is 356 g/mol. The summed E-state index contributed by atoms with van der Waals surface area (Å²) in [5.41, 5.74) is -0.0129. The fourth-order valence-corrected chi connectivity index (χ4v) is 3.93. The van der Waals surface area contributed by atoms with E-state index in [-0.39, 0.29) is 28.6 Å². The lowest BCUT2D eigenvalue weighted by atomic mass is 10.2. The molecule has 3 rings (SSSR count). The maximum Gasteiger partial charge on any atom is 0.276 e. The quantitative estimate of drug-likeness (QED) is 0.839. The molecule has 25 heavy (non-hydrogen) atoms. The Bertz CT molecular complexity index is 956. The third-order valence-corrected chi connectivity index (χ3v) is 5.20. The Kier molecular flexibility index (Phi) is 4.25. The van der Waals surface area contributed by atoms with Crippen molar-refractivity contribution in [1.82, 2.24) is 9.29 Å². The van der Waals surface area contributed by atoms with Crippen molar-refractivity contribution in [2.75, 3.05) is 11.9 Å². The monoisotopic (exact) mass is 371 g/mol. The molecular formula is C15H15F2N3O4S. The predicted octanol–water partition coefficient (Wildman–Crippen LogP) is 1.61. The van der Waals surface area contributed by atoms with Gasteiger partial charge in [0.15, 0.2) is 23.1 Å². The number of rotatable bonds is 2. The van der Waals surface area contributed by atoms with Crippen LogP contribution in [0.1, 0.15) is 17.4 Å². The van der Waals surface area contributed by atoms with Crippen LogP contribution in [0.2, 0.25) is 0 Å². The van der Waals surface area contributed by atoms with Crippen LogP contribution in [-0.2, 0) is 17.1 Å². The Balaban J connectivity index is 1.99. The number of sulfonamides is 1. The van der Waals surface area contributed by atoms with Crippen molar-refractivity contribution in [1.29, 1.82) is 0 Å². The SMILES string of the molecule is CC1COc2c(cn(C)c2C(=O)Nc2ccc(F)c(F)c2)S(=O)(=O)N1. The van der Waals surface area contributed by atoms with Crippen molar-refractivity contribution in [2.24, 2.45) is 7.05 Å². The second-order valence-corrected chi connectivity index (χ2v) is 7.38. The van der Waals surface area contributed by atoms with Crippen LogP contribution in [0.25, 0.3) is 0 Å². The minimum Gasteiger partial charge on any atom is -0.488 e. The van der Waals surface area contributed by atoms with Gasteiger partial charge in [-0.05, 0) is 19.1 Å². The number of carbonyl (C=O) groups excluding carboxylic acids is 1. The molecule has 0 aliphatic carbocycles. The van der Waals surface area contributed by atoms with Crippen LogP contribution in [0.15, 0.2) is 29.3 Å². The number of halogens is 2. The van der Waals surface area contributed by atoms with E-state index in [0.717, 1.165) is 12.1 Å². The molecule has 0 fully saturated rings. The molecule has 0 saturated heterocycles. The zero-order valence-corrected chi connectivity index (χ0v) is 14.2. The number of nitrogens with one attached hydrogen (secondary N) is 2. The van der Waals surface area contributed by atoms with Gasteiger partial charge in [-0.2, -0.15) is 0 Å². The first-order valence-corrected chi connectivity index (χ1v) is 8.78. The zero-order chi connectivity index (χ0) is 18.4. The molecule has 1 amide bonds. The first-order valence-electron chi connectivity index (χ1n) is 7.30. The van der Waals surface area contributed by atoms with Crippen LogP contribution in [0.4, 0.5) is 14.5 Å². The Labute approximate surface area is 142 Å². The summed E-state index contributed by atoms with van der Waals surface area (Å²) in [7, 11) is -2.35. The van der Waals surface area contributed by atoms with E-state index in [0.29, 0.717) is 0 Å². The number of fused-ring (bicyclic) bond motifs is 1. The molecule has 2 aromatic rings. The van der Waals surface area contributed by atoms with Gasteiger partial charge >= 0.3 is 0 Å². The van der Waals surface area contributed by atoms with Gasteiger partial charge in [0.25, 0.3) is 5.91 Å². The molecule has 0 saturated carbocycles. The van der Waals surface area contributed by atoms with Gasteiger partial charge in [0.05, 0.1) is 6.04 Å². The first kappa shape index (κ1) is 17.4. The summed E-state index contributed by atoms with van der Waals surface area (Å²) < 4.78 is 60.1. The van der Waals surface area contributed by atoms with Crippen LogP contribution >= 0.6 is 0 Å². The van der Waals surface area contributed by atoms with Gasteiger partial charge in [0.1, 0.15) is 11.5 Å². The van der Waals surface area contributed by atoms with Crippen LogP contribution in [0, 0.1) is 11.6 Å². The highest BCUT2D eigenvalue weighted by molar-refractivity contribution is 7.89. The number of aromatic nitrogens is 1. The van der Waals surface area contributed by atoms with E-state index in [1.807, 2.05) is 0 Å². The third-order valence-electron chi connectivity index (χ3n) is 3.62. The van der Waals surface area contributed by atoms with E-state index in [1.54, 1.807) is 6.92 Å². The van der Waals surface area contributed by atoms with Gasteiger partial charge in [0.2, 0.25) is 10.0 Å². The molecule has 1 aliphatic rings. The van der Waals surface area contributed by atoms with Crippen molar-refractivity contribution in [2.45, 2.75) is 17.9 Å². The standard InChI is InChI=1S/C15H15F2N3O4S/c1-8-7-24-14-12(25(22,23)19-8)6-20(2)13(14)15(21)18-9-3-4-10(16)11(17)5-9/h3-6,8,19H,7H2,1-2H3,(H,18,21). The number of ether oxygens (including phenoxy) is 1. The molecule has 7 nitrogen and oxygen atoms in total. The van der Waals surface area contributed by atoms with Gasteiger partial charge in [-0.3, -0.25) is 4.79 Å². The Hall–Kier alpha value is -2.46. The van der Waals surface area contributed by atoms with Crippen molar-refractivity contribution in [3.05, 3.63) is 41.7 Å². The molecule has 0 radical (unpaired) electrons. The van der Waals surface area contributed by atoms with Crippen molar-refractivity contribution < 1.29 is 26.7 Å². The van der Waals surface area contributed by atoms with Crippen molar-refractivity contribution in [3.8, 4) is 5.75 Å². The summed E-state index contributed by atoms with van der Waals surface area (Å²) >= 11 is 0. The highest BCUT2D eigenvalue weighted by atomic mass is 32.2. The number of benzene rings is 1. The molecule has 1 aromatic heterocycles. The fourth-order valence-electron chi connectivity index (χ4n) is 2.51. The van der Waals surface area contributed by atoms with E-state index in [9.17, 15) is 22.0 Å². The average Bonchev–Trinajstić information content (AvgIpc) is 2.81. The third kappa shape index (κ3) is 3.22.